The minimum Gasteiger partial charge on any atom is -0.332 e. The summed E-state index contributed by atoms with van der Waals surface area (Å²) in [5.74, 6) is -0.361. The monoisotopic (exact) mass is 342 g/mol. The number of rotatable bonds is 2. The Morgan fingerprint density at radius 2 is 2.00 bits per heavy atom. The van der Waals surface area contributed by atoms with Crippen molar-refractivity contribution in [2.75, 3.05) is 11.4 Å². The molecule has 0 spiro atoms. The maximum Gasteiger partial charge on any atom is 0.228 e. The highest BCUT2D eigenvalue weighted by molar-refractivity contribution is 6.30. The average molecular weight is 343 g/mol. The number of benzene rings is 1. The van der Waals surface area contributed by atoms with Crippen LogP contribution in [0.5, 0.6) is 0 Å². The Kier molecular flexibility index (Phi) is 3.69. The first-order valence-corrected chi connectivity index (χ1v) is 8.12. The summed E-state index contributed by atoms with van der Waals surface area (Å²) < 4.78 is 0. The molecular formula is C17H15ClN4O2. The van der Waals surface area contributed by atoms with Crippen LogP contribution >= 0.6 is 11.6 Å². The van der Waals surface area contributed by atoms with Gasteiger partial charge in [-0.3, -0.25) is 9.59 Å². The molecule has 2 aliphatic heterocycles. The van der Waals surface area contributed by atoms with Gasteiger partial charge in [-0.15, -0.1) is 0 Å². The molecule has 1 saturated heterocycles. The minimum atomic E-state index is -0.324. The van der Waals surface area contributed by atoms with Crippen molar-refractivity contribution >= 4 is 29.1 Å². The molecule has 1 aromatic heterocycles. The number of hydrogen-bond acceptors (Lipinski definition) is 4. The number of halogens is 1. The number of amides is 2. The molecule has 7 heteroatoms. The number of carbonyl (C=O) groups is 2. The first-order valence-electron chi connectivity index (χ1n) is 7.74. The van der Waals surface area contributed by atoms with Crippen LogP contribution in [0.4, 0.5) is 5.69 Å². The van der Waals surface area contributed by atoms with Crippen molar-refractivity contribution in [1.82, 2.24) is 14.9 Å². The van der Waals surface area contributed by atoms with Crippen LogP contribution in [-0.2, 0) is 22.7 Å². The van der Waals surface area contributed by atoms with Gasteiger partial charge in [-0.2, -0.15) is 0 Å². The molecule has 1 aromatic carbocycles. The Hall–Kier alpha value is -2.47. The van der Waals surface area contributed by atoms with Gasteiger partial charge in [0.15, 0.2) is 0 Å². The summed E-state index contributed by atoms with van der Waals surface area (Å²) in [6, 6.07) is 7.09. The minimum absolute atomic E-state index is 0.00202. The Bertz CT molecular complexity index is 783. The van der Waals surface area contributed by atoms with Crippen LogP contribution in [-0.4, -0.2) is 33.2 Å². The number of nitrogens with zero attached hydrogens (tertiary/aromatic N) is 4. The molecular weight excluding hydrogens is 328 g/mol. The fourth-order valence-corrected chi connectivity index (χ4v) is 3.38. The zero-order valence-corrected chi connectivity index (χ0v) is 13.6. The molecule has 1 atom stereocenters. The van der Waals surface area contributed by atoms with Crippen molar-refractivity contribution in [2.45, 2.75) is 19.5 Å². The molecule has 6 nitrogen and oxygen atoms in total. The average Bonchev–Trinajstić information content (AvgIpc) is 3.18. The van der Waals surface area contributed by atoms with E-state index in [2.05, 4.69) is 9.97 Å². The zero-order valence-electron chi connectivity index (χ0n) is 12.9. The molecule has 0 bridgehead atoms. The molecule has 0 saturated carbocycles. The highest BCUT2D eigenvalue weighted by atomic mass is 35.5. The van der Waals surface area contributed by atoms with Crippen LogP contribution in [0.1, 0.15) is 17.7 Å². The molecule has 4 rings (SSSR count). The second-order valence-corrected chi connectivity index (χ2v) is 6.51. The number of fused-ring (bicyclic) bond motifs is 1. The predicted molar refractivity (Wildman–Crippen MR) is 88.2 cm³/mol. The number of anilines is 1. The van der Waals surface area contributed by atoms with Gasteiger partial charge < -0.3 is 9.80 Å². The molecule has 2 aliphatic rings. The lowest BCUT2D eigenvalue weighted by Gasteiger charge is -2.20. The van der Waals surface area contributed by atoms with Gasteiger partial charge in [0.2, 0.25) is 11.8 Å². The van der Waals surface area contributed by atoms with Crippen LogP contribution in [0.2, 0.25) is 5.02 Å². The van der Waals surface area contributed by atoms with Crippen molar-refractivity contribution in [1.29, 1.82) is 0 Å². The summed E-state index contributed by atoms with van der Waals surface area (Å²) in [5.41, 5.74) is 2.64. The van der Waals surface area contributed by atoms with Crippen LogP contribution in [0.3, 0.4) is 0 Å². The summed E-state index contributed by atoms with van der Waals surface area (Å²) >= 11 is 5.89. The Balaban J connectivity index is 1.47. The zero-order chi connectivity index (χ0) is 16.7. The third-order valence-electron chi connectivity index (χ3n) is 4.51. The van der Waals surface area contributed by atoms with E-state index in [0.717, 1.165) is 16.9 Å². The molecule has 24 heavy (non-hydrogen) atoms. The van der Waals surface area contributed by atoms with Crippen LogP contribution in [0.25, 0.3) is 0 Å². The van der Waals surface area contributed by atoms with Crippen molar-refractivity contribution in [2.24, 2.45) is 5.92 Å². The van der Waals surface area contributed by atoms with E-state index in [0.29, 0.717) is 24.7 Å². The van der Waals surface area contributed by atoms with E-state index < -0.39 is 0 Å². The largest absolute Gasteiger partial charge is 0.332 e. The molecule has 0 radical (unpaired) electrons. The quantitative estimate of drug-likeness (QED) is 0.837. The maximum atomic E-state index is 12.8. The number of carbonyl (C=O) groups excluding carboxylic acids is 2. The topological polar surface area (TPSA) is 66.4 Å². The summed E-state index contributed by atoms with van der Waals surface area (Å²) in [7, 11) is 0. The summed E-state index contributed by atoms with van der Waals surface area (Å²) in [4.78, 5) is 36.7. The standard InChI is InChI=1S/C17H15ClN4O2/c18-13-1-3-14(4-2-13)22-8-11(5-16(22)23)17(24)21-7-12-6-19-10-20-15(12)9-21/h1-4,6,10-11H,5,7-9H2. The Labute approximate surface area is 144 Å². The van der Waals surface area contributed by atoms with Crippen LogP contribution < -0.4 is 4.90 Å². The highest BCUT2D eigenvalue weighted by Crippen LogP contribution is 2.29. The van der Waals surface area contributed by atoms with Gasteiger partial charge in [0, 0.05) is 42.0 Å². The molecule has 0 N–H and O–H groups in total. The van der Waals surface area contributed by atoms with E-state index in [-0.39, 0.29) is 24.2 Å². The summed E-state index contributed by atoms with van der Waals surface area (Å²) in [5, 5.41) is 0.619. The molecule has 1 unspecified atom stereocenters. The first kappa shape index (κ1) is 15.1. The van der Waals surface area contributed by atoms with Gasteiger partial charge in [-0.25, -0.2) is 9.97 Å². The van der Waals surface area contributed by atoms with E-state index in [1.54, 1.807) is 40.3 Å². The van der Waals surface area contributed by atoms with E-state index in [1.165, 1.54) is 6.33 Å². The van der Waals surface area contributed by atoms with Gasteiger partial charge in [0.25, 0.3) is 0 Å². The van der Waals surface area contributed by atoms with Crippen LogP contribution in [0, 0.1) is 5.92 Å². The Morgan fingerprint density at radius 3 is 2.75 bits per heavy atom. The number of hydrogen-bond donors (Lipinski definition) is 0. The lowest BCUT2D eigenvalue weighted by molar-refractivity contribution is -0.136. The molecule has 122 valence electrons. The summed E-state index contributed by atoms with van der Waals surface area (Å²) in [6.45, 7) is 1.40. The van der Waals surface area contributed by atoms with Gasteiger partial charge in [0.05, 0.1) is 18.2 Å². The van der Waals surface area contributed by atoms with Crippen molar-refractivity contribution in [3.05, 3.63) is 53.1 Å². The van der Waals surface area contributed by atoms with E-state index >= 15 is 0 Å². The molecule has 2 amide bonds. The maximum absolute atomic E-state index is 12.8. The molecule has 1 fully saturated rings. The van der Waals surface area contributed by atoms with Gasteiger partial charge >= 0.3 is 0 Å². The van der Waals surface area contributed by atoms with E-state index in [4.69, 9.17) is 11.6 Å². The third kappa shape index (κ3) is 2.63. The first-order chi connectivity index (χ1) is 11.6. The normalized spacial score (nSPS) is 19.7. The van der Waals surface area contributed by atoms with E-state index in [9.17, 15) is 9.59 Å². The smallest absolute Gasteiger partial charge is 0.228 e. The highest BCUT2D eigenvalue weighted by Gasteiger charge is 2.38. The van der Waals surface area contributed by atoms with Gasteiger partial charge in [-0.05, 0) is 24.3 Å². The van der Waals surface area contributed by atoms with Crippen molar-refractivity contribution in [3.63, 3.8) is 0 Å². The SMILES string of the molecule is O=C(C1CC(=O)N(c2ccc(Cl)cc2)C1)N1Cc2cncnc2C1. The van der Waals surface area contributed by atoms with Crippen molar-refractivity contribution < 1.29 is 9.59 Å². The van der Waals surface area contributed by atoms with Crippen LogP contribution in [0.15, 0.2) is 36.8 Å². The molecule has 3 heterocycles. The fourth-order valence-electron chi connectivity index (χ4n) is 3.26. The number of aromatic nitrogens is 2. The Morgan fingerprint density at radius 1 is 1.21 bits per heavy atom. The second kappa shape index (κ2) is 5.87. The van der Waals surface area contributed by atoms with Gasteiger partial charge in [-0.1, -0.05) is 11.6 Å². The van der Waals surface area contributed by atoms with Gasteiger partial charge in [0.1, 0.15) is 6.33 Å². The molecule has 2 aromatic rings. The lowest BCUT2D eigenvalue weighted by Crippen LogP contribution is -2.34. The van der Waals surface area contributed by atoms with E-state index in [1.807, 2.05) is 0 Å². The second-order valence-electron chi connectivity index (χ2n) is 6.07. The third-order valence-corrected chi connectivity index (χ3v) is 4.76. The lowest BCUT2D eigenvalue weighted by atomic mass is 10.1. The summed E-state index contributed by atoms with van der Waals surface area (Å²) in [6.07, 6.45) is 3.48. The fraction of sp³-hybridized carbons (Fsp3) is 0.294. The van der Waals surface area contributed by atoms with Crippen molar-refractivity contribution in [3.8, 4) is 0 Å². The molecule has 0 aliphatic carbocycles. The predicted octanol–water partition coefficient (Wildman–Crippen LogP) is 2.03.